The van der Waals surface area contributed by atoms with Crippen molar-refractivity contribution in [2.75, 3.05) is 17.2 Å². The molecule has 0 fully saturated rings. The average Bonchev–Trinajstić information content (AvgIpc) is 3.12. The summed E-state index contributed by atoms with van der Waals surface area (Å²) in [6.45, 7) is 3.82. The molecule has 0 atom stereocenters. The van der Waals surface area contributed by atoms with Gasteiger partial charge >= 0.3 is 0 Å². The van der Waals surface area contributed by atoms with Crippen molar-refractivity contribution >= 4 is 28.6 Å². The molecule has 3 aromatic carbocycles. The van der Waals surface area contributed by atoms with Gasteiger partial charge in [-0.05, 0) is 48.0 Å². The summed E-state index contributed by atoms with van der Waals surface area (Å²) >= 11 is 0. The highest BCUT2D eigenvalue weighted by Gasteiger charge is 2.28. The van der Waals surface area contributed by atoms with Gasteiger partial charge in [-0.3, -0.25) is 4.79 Å². The molecule has 1 amide bonds. The Morgan fingerprint density at radius 1 is 1.03 bits per heavy atom. The van der Waals surface area contributed by atoms with E-state index in [9.17, 15) is 10.1 Å². The molecule has 4 rings (SSSR count). The van der Waals surface area contributed by atoms with E-state index in [0.717, 1.165) is 29.9 Å². The Balaban J connectivity index is 1.79. The van der Waals surface area contributed by atoms with Crippen molar-refractivity contribution in [1.82, 2.24) is 5.32 Å². The number of hydrogen-bond acceptors (Lipinski definition) is 4. The summed E-state index contributed by atoms with van der Waals surface area (Å²) in [6, 6.07) is 25.3. The highest BCUT2D eigenvalue weighted by Crippen LogP contribution is 2.38. The highest BCUT2D eigenvalue weighted by molar-refractivity contribution is 6.37. The van der Waals surface area contributed by atoms with Gasteiger partial charge in [-0.15, -0.1) is 0 Å². The third kappa shape index (κ3) is 3.95. The number of carbonyl (C=O) groups is 1. The van der Waals surface area contributed by atoms with Crippen molar-refractivity contribution in [3.05, 3.63) is 95.1 Å². The van der Waals surface area contributed by atoms with Gasteiger partial charge < -0.3 is 16.0 Å². The van der Waals surface area contributed by atoms with E-state index in [1.54, 1.807) is 18.2 Å². The molecule has 3 N–H and O–H groups in total. The lowest BCUT2D eigenvalue weighted by atomic mass is 9.98. The van der Waals surface area contributed by atoms with Crippen LogP contribution in [0.4, 0.5) is 11.4 Å². The second-order valence-electron chi connectivity index (χ2n) is 7.04. The normalized spacial score (nSPS) is 13.9. The van der Waals surface area contributed by atoms with E-state index in [-0.39, 0.29) is 5.91 Å². The van der Waals surface area contributed by atoms with Crippen LogP contribution in [-0.2, 0) is 11.3 Å². The van der Waals surface area contributed by atoms with Gasteiger partial charge in [0, 0.05) is 23.5 Å². The Morgan fingerprint density at radius 2 is 1.80 bits per heavy atom. The van der Waals surface area contributed by atoms with Gasteiger partial charge in [-0.25, -0.2) is 0 Å². The van der Waals surface area contributed by atoms with Crippen molar-refractivity contribution < 1.29 is 4.79 Å². The van der Waals surface area contributed by atoms with Crippen LogP contribution in [0.5, 0.6) is 0 Å². The third-order valence-electron chi connectivity index (χ3n) is 5.01. The maximum Gasteiger partial charge on any atom is 0.258 e. The number of nitrogens with one attached hydrogen (secondary N) is 3. The molecule has 1 aliphatic rings. The van der Waals surface area contributed by atoms with E-state index in [0.29, 0.717) is 22.5 Å². The van der Waals surface area contributed by atoms with Gasteiger partial charge in [0.2, 0.25) is 0 Å². The molecule has 30 heavy (non-hydrogen) atoms. The van der Waals surface area contributed by atoms with Crippen molar-refractivity contribution in [3.8, 4) is 6.07 Å². The van der Waals surface area contributed by atoms with Gasteiger partial charge in [-0.1, -0.05) is 49.4 Å². The Labute approximate surface area is 176 Å². The van der Waals surface area contributed by atoms with Gasteiger partial charge in [0.25, 0.3) is 5.91 Å². The molecule has 0 aromatic heterocycles. The van der Waals surface area contributed by atoms with Crippen LogP contribution in [0.25, 0.3) is 11.3 Å². The summed E-state index contributed by atoms with van der Waals surface area (Å²) in [5.74, 6) is -0.185. The van der Waals surface area contributed by atoms with Crippen molar-refractivity contribution in [1.29, 1.82) is 5.26 Å². The molecular weight excluding hydrogens is 372 g/mol. The summed E-state index contributed by atoms with van der Waals surface area (Å²) in [5.41, 5.74) is 6.18. The lowest BCUT2D eigenvalue weighted by molar-refractivity contribution is -0.110. The molecule has 0 saturated heterocycles. The summed E-state index contributed by atoms with van der Waals surface area (Å²) < 4.78 is 0. The first-order chi connectivity index (χ1) is 14.7. The molecule has 0 saturated carbocycles. The van der Waals surface area contributed by atoms with Crippen LogP contribution in [-0.4, -0.2) is 12.5 Å². The minimum atomic E-state index is -0.185. The fraction of sp³-hybridized carbons (Fsp3) is 0.120. The van der Waals surface area contributed by atoms with Gasteiger partial charge in [0.05, 0.1) is 22.9 Å². The van der Waals surface area contributed by atoms with Crippen molar-refractivity contribution in [3.63, 3.8) is 0 Å². The molecule has 1 aliphatic heterocycles. The van der Waals surface area contributed by atoms with Crippen LogP contribution < -0.4 is 16.0 Å². The molecule has 1 heterocycles. The van der Waals surface area contributed by atoms with Crippen molar-refractivity contribution in [2.24, 2.45) is 0 Å². The molecule has 0 unspecified atom stereocenters. The van der Waals surface area contributed by atoms with Crippen molar-refractivity contribution in [2.45, 2.75) is 13.5 Å². The van der Waals surface area contributed by atoms with Crippen LogP contribution in [0.1, 0.15) is 29.2 Å². The third-order valence-corrected chi connectivity index (χ3v) is 5.01. The Morgan fingerprint density at radius 3 is 2.50 bits per heavy atom. The maximum absolute atomic E-state index is 12.9. The monoisotopic (exact) mass is 394 g/mol. The first-order valence-electron chi connectivity index (χ1n) is 9.92. The number of anilines is 2. The molecule has 5 heteroatoms. The van der Waals surface area contributed by atoms with Crippen LogP contribution in [0, 0.1) is 11.3 Å². The standard InChI is InChI=1S/C25H22N4O/c1-2-27-16-17-8-11-20(12-9-17)28-24(19-6-4-3-5-7-19)23-21-14-18(15-26)10-13-22(21)29-25(23)30/h3-14,27-28H,2,16H2,1H3,(H,29,30). The number of nitrogens with zero attached hydrogens (tertiary/aromatic N) is 1. The minimum Gasteiger partial charge on any atom is -0.354 e. The predicted octanol–water partition coefficient (Wildman–Crippen LogP) is 4.60. The van der Waals surface area contributed by atoms with Crippen LogP contribution in [0.3, 0.4) is 0 Å². The summed E-state index contributed by atoms with van der Waals surface area (Å²) in [7, 11) is 0. The van der Waals surface area contributed by atoms with E-state index in [4.69, 9.17) is 0 Å². The SMILES string of the molecule is CCNCc1ccc(NC(=C2C(=O)Nc3ccc(C#N)cc32)c2ccccc2)cc1. The fourth-order valence-corrected chi connectivity index (χ4v) is 3.49. The first kappa shape index (κ1) is 19.4. The van der Waals surface area contributed by atoms with E-state index in [1.807, 2.05) is 42.5 Å². The van der Waals surface area contributed by atoms with Crippen LogP contribution in [0.2, 0.25) is 0 Å². The number of hydrogen-bond donors (Lipinski definition) is 3. The highest BCUT2D eigenvalue weighted by atomic mass is 16.2. The number of fused-ring (bicyclic) bond motifs is 1. The van der Waals surface area contributed by atoms with Crippen LogP contribution >= 0.6 is 0 Å². The number of amides is 1. The maximum atomic E-state index is 12.9. The minimum absolute atomic E-state index is 0.185. The zero-order valence-corrected chi connectivity index (χ0v) is 16.7. The average molecular weight is 394 g/mol. The molecule has 0 aliphatic carbocycles. The smallest absolute Gasteiger partial charge is 0.258 e. The van der Waals surface area contributed by atoms with E-state index in [1.165, 1.54) is 5.56 Å². The number of rotatable bonds is 6. The number of carbonyl (C=O) groups excluding carboxylic acids is 1. The summed E-state index contributed by atoms with van der Waals surface area (Å²) in [4.78, 5) is 12.9. The second-order valence-corrected chi connectivity index (χ2v) is 7.04. The van der Waals surface area contributed by atoms with Gasteiger partial charge in [0.1, 0.15) is 0 Å². The molecular formula is C25H22N4O. The largest absolute Gasteiger partial charge is 0.354 e. The topological polar surface area (TPSA) is 76.9 Å². The van der Waals surface area contributed by atoms with Gasteiger partial charge in [-0.2, -0.15) is 5.26 Å². The molecule has 3 aromatic rings. The van der Waals surface area contributed by atoms with Crippen LogP contribution in [0.15, 0.2) is 72.8 Å². The van der Waals surface area contributed by atoms with Gasteiger partial charge in [0.15, 0.2) is 0 Å². The number of nitriles is 1. The Hall–Kier alpha value is -3.88. The Bertz CT molecular complexity index is 1140. The molecule has 0 spiro atoms. The molecule has 0 bridgehead atoms. The van der Waals surface area contributed by atoms with E-state index >= 15 is 0 Å². The predicted molar refractivity (Wildman–Crippen MR) is 120 cm³/mol. The molecule has 5 nitrogen and oxygen atoms in total. The van der Waals surface area contributed by atoms with E-state index in [2.05, 4.69) is 41.1 Å². The quantitative estimate of drug-likeness (QED) is 0.534. The second kappa shape index (κ2) is 8.64. The lowest BCUT2D eigenvalue weighted by Gasteiger charge is -2.15. The molecule has 148 valence electrons. The molecule has 0 radical (unpaired) electrons. The first-order valence-corrected chi connectivity index (χ1v) is 9.92. The summed E-state index contributed by atoms with van der Waals surface area (Å²) in [6.07, 6.45) is 0. The fourth-order valence-electron chi connectivity index (χ4n) is 3.49. The Kier molecular flexibility index (Phi) is 5.60. The lowest BCUT2D eigenvalue weighted by Crippen LogP contribution is -2.12. The summed E-state index contributed by atoms with van der Waals surface area (Å²) in [5, 5.41) is 19.0. The zero-order chi connectivity index (χ0) is 20.9. The van der Waals surface area contributed by atoms with E-state index < -0.39 is 0 Å². The number of benzene rings is 3. The zero-order valence-electron chi connectivity index (χ0n) is 16.7.